The summed E-state index contributed by atoms with van der Waals surface area (Å²) >= 11 is 0. The molecule has 0 saturated carbocycles. The number of nitrogens with zero attached hydrogens (tertiary/aromatic N) is 2. The zero-order valence-electron chi connectivity index (χ0n) is 30.8. The quantitative estimate of drug-likeness (QED) is 0.184. The minimum absolute atomic E-state index is 0.276. The Balaban J connectivity index is 1.07. The molecule has 0 fully saturated rings. The maximum atomic E-state index is 7.12. The third kappa shape index (κ3) is 3.91. The third-order valence-corrected chi connectivity index (χ3v) is 12.5. The maximum absolute atomic E-state index is 7.12. The highest BCUT2D eigenvalue weighted by Crippen LogP contribution is 2.63. The molecule has 10 rings (SSSR count). The zero-order valence-corrected chi connectivity index (χ0v) is 30.8. The summed E-state index contributed by atoms with van der Waals surface area (Å²) in [7, 11) is 0. The van der Waals surface area contributed by atoms with E-state index in [2.05, 4.69) is 168 Å². The first kappa shape index (κ1) is 30.6. The van der Waals surface area contributed by atoms with E-state index in [0.717, 1.165) is 23.6 Å². The number of allylic oxidation sites excluding steroid dienone is 2. The molecule has 4 heteroatoms. The fourth-order valence-electron chi connectivity index (χ4n) is 9.89. The SMILES string of the molecule is CC1=CCC2C(=C1)c1cc(C)ccc1N2c1ccc2c(c1)C(C)(C)C1(O2)Oc2ccc(-n3c4ccc(C)cc4c4cc(C)ccc43)cc2C1(C)C. The van der Waals surface area contributed by atoms with Gasteiger partial charge in [-0.25, -0.2) is 0 Å². The second kappa shape index (κ2) is 9.97. The predicted molar refractivity (Wildman–Crippen MR) is 210 cm³/mol. The fourth-order valence-corrected chi connectivity index (χ4v) is 9.89. The molecule has 1 aliphatic carbocycles. The molecule has 0 radical (unpaired) electrons. The highest BCUT2D eigenvalue weighted by molar-refractivity contribution is 6.09. The number of hydrogen-bond donors (Lipinski definition) is 0. The van der Waals surface area contributed by atoms with Crippen molar-refractivity contribution in [1.82, 2.24) is 4.57 Å². The molecule has 1 spiro atoms. The average molecular weight is 669 g/mol. The largest absolute Gasteiger partial charge is 0.450 e. The monoisotopic (exact) mass is 668 g/mol. The van der Waals surface area contributed by atoms with Crippen LogP contribution in [0.5, 0.6) is 11.5 Å². The van der Waals surface area contributed by atoms with Crippen LogP contribution < -0.4 is 14.4 Å². The summed E-state index contributed by atoms with van der Waals surface area (Å²) in [5.41, 5.74) is 15.4. The Labute approximate surface area is 300 Å². The Morgan fingerprint density at radius 3 is 1.78 bits per heavy atom. The Kier molecular flexibility index (Phi) is 5.98. The average Bonchev–Trinajstić information content (AvgIpc) is 3.73. The van der Waals surface area contributed by atoms with Crippen LogP contribution in [0.2, 0.25) is 0 Å². The van der Waals surface area contributed by atoms with Crippen molar-refractivity contribution in [1.29, 1.82) is 0 Å². The molecular weight excluding hydrogens is 625 g/mol. The van der Waals surface area contributed by atoms with E-state index in [4.69, 9.17) is 9.47 Å². The van der Waals surface area contributed by atoms with E-state index in [1.807, 2.05) is 0 Å². The van der Waals surface area contributed by atoms with E-state index in [1.54, 1.807) is 0 Å². The predicted octanol–water partition coefficient (Wildman–Crippen LogP) is 11.7. The lowest BCUT2D eigenvalue weighted by Crippen LogP contribution is -2.61. The second-order valence-corrected chi connectivity index (χ2v) is 16.5. The van der Waals surface area contributed by atoms with Crippen molar-refractivity contribution in [3.8, 4) is 17.2 Å². The summed E-state index contributed by atoms with van der Waals surface area (Å²) in [6.45, 7) is 17.9. The molecule has 2 unspecified atom stereocenters. The third-order valence-electron chi connectivity index (χ3n) is 12.5. The number of benzene rings is 5. The van der Waals surface area contributed by atoms with Crippen LogP contribution in [-0.2, 0) is 10.8 Å². The van der Waals surface area contributed by atoms with Gasteiger partial charge in [0.25, 0.3) is 5.79 Å². The molecule has 3 aliphatic heterocycles. The molecule has 4 aliphatic rings. The molecule has 0 amide bonds. The standard InChI is InChI=1S/C47H44N2O2/c1-27-9-15-39-33(21-27)34-22-28(2)10-16-40(34)48(39)31-13-19-43-37(25-31)45(5,6)47(50-43)46(7,8)38-26-32(14-20-44(38)51-47)49-41-17-11-29(3)23-35(41)36-24-30(4)12-18-42(36)49/h9-17,19-26,42H,18H2,1-8H3. The number of anilines is 2. The van der Waals surface area contributed by atoms with Crippen LogP contribution in [0.3, 0.4) is 0 Å². The molecule has 4 nitrogen and oxygen atoms in total. The number of hydrogen-bond acceptors (Lipinski definition) is 3. The molecular formula is C47H44N2O2. The number of fused-ring (bicyclic) bond motifs is 8. The minimum atomic E-state index is -0.924. The van der Waals surface area contributed by atoms with Crippen molar-refractivity contribution in [3.05, 3.63) is 142 Å². The lowest BCUT2D eigenvalue weighted by atomic mass is 9.65. The second-order valence-electron chi connectivity index (χ2n) is 16.5. The van der Waals surface area contributed by atoms with Crippen LogP contribution in [-0.4, -0.2) is 16.4 Å². The van der Waals surface area contributed by atoms with E-state index >= 15 is 0 Å². The Morgan fingerprint density at radius 2 is 1.16 bits per heavy atom. The normalized spacial score (nSPS) is 22.0. The van der Waals surface area contributed by atoms with Gasteiger partial charge in [0.2, 0.25) is 0 Å². The fraction of sp³-hybridized carbons (Fsp3) is 0.277. The van der Waals surface area contributed by atoms with Crippen molar-refractivity contribution in [2.24, 2.45) is 0 Å². The van der Waals surface area contributed by atoms with Gasteiger partial charge in [0, 0.05) is 44.5 Å². The Hall–Kier alpha value is -5.22. The Morgan fingerprint density at radius 1 is 0.608 bits per heavy atom. The van der Waals surface area contributed by atoms with Crippen LogP contribution in [0.1, 0.15) is 74.4 Å². The first-order valence-electron chi connectivity index (χ1n) is 18.4. The first-order chi connectivity index (χ1) is 24.4. The molecule has 4 heterocycles. The topological polar surface area (TPSA) is 26.6 Å². The van der Waals surface area contributed by atoms with Crippen molar-refractivity contribution >= 4 is 38.8 Å². The van der Waals surface area contributed by atoms with Gasteiger partial charge < -0.3 is 18.9 Å². The lowest BCUT2D eigenvalue weighted by Gasteiger charge is -2.44. The van der Waals surface area contributed by atoms with Crippen LogP contribution in [0.15, 0.2) is 109 Å². The van der Waals surface area contributed by atoms with E-state index in [9.17, 15) is 0 Å². The summed E-state index contributed by atoms with van der Waals surface area (Å²) in [5, 5.41) is 2.57. The number of rotatable bonds is 2. The Bertz CT molecular complexity index is 2520. The molecule has 6 aromatic rings. The van der Waals surface area contributed by atoms with Gasteiger partial charge in [-0.05, 0) is 140 Å². The van der Waals surface area contributed by atoms with Crippen LogP contribution in [0.25, 0.3) is 33.1 Å². The molecule has 5 aromatic carbocycles. The van der Waals surface area contributed by atoms with Gasteiger partial charge in [0.15, 0.2) is 0 Å². The van der Waals surface area contributed by atoms with E-state index in [0.29, 0.717) is 0 Å². The maximum Gasteiger partial charge on any atom is 0.269 e. The molecule has 0 saturated heterocycles. The van der Waals surface area contributed by atoms with E-state index in [-0.39, 0.29) is 6.04 Å². The highest BCUT2D eigenvalue weighted by Gasteiger charge is 2.69. The van der Waals surface area contributed by atoms with Gasteiger partial charge in [-0.2, -0.15) is 0 Å². The van der Waals surface area contributed by atoms with E-state index in [1.165, 1.54) is 77.7 Å². The number of aryl methyl sites for hydroxylation is 3. The smallest absolute Gasteiger partial charge is 0.269 e. The van der Waals surface area contributed by atoms with Crippen LogP contribution >= 0.6 is 0 Å². The molecule has 51 heavy (non-hydrogen) atoms. The van der Waals surface area contributed by atoms with Gasteiger partial charge in [-0.15, -0.1) is 0 Å². The zero-order chi connectivity index (χ0) is 35.2. The van der Waals surface area contributed by atoms with E-state index < -0.39 is 16.6 Å². The molecule has 1 aromatic heterocycles. The summed E-state index contributed by atoms with van der Waals surface area (Å²) in [6.07, 6.45) is 5.74. The molecule has 0 bridgehead atoms. The van der Waals surface area contributed by atoms with Crippen molar-refractivity contribution < 1.29 is 9.47 Å². The lowest BCUT2D eigenvalue weighted by molar-refractivity contribution is -0.169. The van der Waals surface area contributed by atoms with Gasteiger partial charge in [-0.3, -0.25) is 0 Å². The number of aromatic nitrogens is 1. The number of ether oxygens (including phenoxy) is 2. The summed E-state index contributed by atoms with van der Waals surface area (Å²) in [5.74, 6) is 0.865. The molecule has 2 atom stereocenters. The summed E-state index contributed by atoms with van der Waals surface area (Å²) < 4.78 is 16.6. The van der Waals surface area contributed by atoms with Gasteiger partial charge in [0.1, 0.15) is 11.5 Å². The van der Waals surface area contributed by atoms with Gasteiger partial charge in [-0.1, -0.05) is 52.6 Å². The molecule has 0 N–H and O–H groups in total. The van der Waals surface area contributed by atoms with Gasteiger partial charge >= 0.3 is 0 Å². The van der Waals surface area contributed by atoms with Crippen molar-refractivity contribution in [3.63, 3.8) is 0 Å². The summed E-state index contributed by atoms with van der Waals surface area (Å²) in [6, 6.07) is 34.2. The first-order valence-corrected chi connectivity index (χ1v) is 18.4. The molecule has 254 valence electrons. The highest BCUT2D eigenvalue weighted by atomic mass is 16.7. The summed E-state index contributed by atoms with van der Waals surface area (Å²) in [4.78, 5) is 2.54. The van der Waals surface area contributed by atoms with Gasteiger partial charge in [0.05, 0.1) is 27.9 Å². The minimum Gasteiger partial charge on any atom is -0.450 e. The van der Waals surface area contributed by atoms with Crippen molar-refractivity contribution in [2.75, 3.05) is 4.90 Å². The van der Waals surface area contributed by atoms with Crippen LogP contribution in [0.4, 0.5) is 11.4 Å². The van der Waals surface area contributed by atoms with Crippen molar-refractivity contribution in [2.45, 2.75) is 84.5 Å². The van der Waals surface area contributed by atoms with Crippen LogP contribution in [0, 0.1) is 20.8 Å².